The first-order valence-corrected chi connectivity index (χ1v) is 7.64. The summed E-state index contributed by atoms with van der Waals surface area (Å²) in [6.07, 6.45) is 0.699. The molecule has 3 aromatic rings. The van der Waals surface area contributed by atoms with E-state index >= 15 is 0 Å². The fourth-order valence-corrected chi connectivity index (χ4v) is 2.90. The van der Waals surface area contributed by atoms with Crippen molar-refractivity contribution in [2.45, 2.75) is 12.5 Å². The van der Waals surface area contributed by atoms with Crippen LogP contribution in [0.15, 0.2) is 36.4 Å². The minimum Gasteiger partial charge on any atom is -0.493 e. The molecule has 0 radical (unpaired) electrons. The van der Waals surface area contributed by atoms with Crippen molar-refractivity contribution in [2.75, 3.05) is 13.7 Å². The Balaban J connectivity index is 1.50. The molecule has 1 aromatic heterocycles. The molecule has 7 nitrogen and oxygen atoms in total. The number of carbonyl (C=O) groups is 1. The summed E-state index contributed by atoms with van der Waals surface area (Å²) in [5.41, 5.74) is 2.97. The fourth-order valence-electron chi connectivity index (χ4n) is 2.90. The molecule has 24 heavy (non-hydrogen) atoms. The van der Waals surface area contributed by atoms with E-state index in [-0.39, 0.29) is 11.9 Å². The number of methoxy groups -OCH3 is 1. The predicted octanol–water partition coefficient (Wildman–Crippen LogP) is 1.70. The van der Waals surface area contributed by atoms with E-state index in [0.29, 0.717) is 29.9 Å². The van der Waals surface area contributed by atoms with Crippen LogP contribution in [0.1, 0.15) is 15.9 Å². The fraction of sp³-hybridized carbons (Fsp3) is 0.235. The summed E-state index contributed by atoms with van der Waals surface area (Å²) >= 11 is 0. The average molecular weight is 324 g/mol. The molecular weight excluding hydrogens is 308 g/mol. The second kappa shape index (κ2) is 5.84. The second-order valence-electron chi connectivity index (χ2n) is 5.66. The molecule has 0 aliphatic carbocycles. The van der Waals surface area contributed by atoms with Gasteiger partial charge in [0.15, 0.2) is 11.5 Å². The number of nitrogens with one attached hydrogen (secondary N) is 2. The van der Waals surface area contributed by atoms with Gasteiger partial charge in [0.2, 0.25) is 0 Å². The Morgan fingerprint density at radius 2 is 2.17 bits per heavy atom. The van der Waals surface area contributed by atoms with Gasteiger partial charge in [-0.05, 0) is 30.7 Å². The number of ether oxygens (including phenoxy) is 2. The van der Waals surface area contributed by atoms with Gasteiger partial charge in [-0.15, -0.1) is 0 Å². The molecule has 0 saturated heterocycles. The number of benzene rings is 2. The minimum absolute atomic E-state index is 0.0925. The van der Waals surface area contributed by atoms with Gasteiger partial charge in [-0.1, -0.05) is 12.1 Å². The molecule has 0 fully saturated rings. The number of amides is 1. The van der Waals surface area contributed by atoms with Crippen LogP contribution in [-0.4, -0.2) is 41.1 Å². The third-order valence-corrected chi connectivity index (χ3v) is 4.09. The van der Waals surface area contributed by atoms with Crippen LogP contribution in [0.5, 0.6) is 11.5 Å². The Morgan fingerprint density at radius 3 is 3.04 bits per heavy atom. The number of hydrogen-bond acceptors (Lipinski definition) is 5. The van der Waals surface area contributed by atoms with Crippen molar-refractivity contribution < 1.29 is 14.3 Å². The summed E-state index contributed by atoms with van der Waals surface area (Å²) < 4.78 is 11.1. The molecule has 1 aliphatic rings. The second-order valence-corrected chi connectivity index (χ2v) is 5.66. The van der Waals surface area contributed by atoms with Gasteiger partial charge in [0, 0.05) is 11.1 Å². The van der Waals surface area contributed by atoms with Crippen molar-refractivity contribution in [3.8, 4) is 11.5 Å². The maximum absolute atomic E-state index is 12.5. The van der Waals surface area contributed by atoms with Crippen LogP contribution < -0.4 is 14.8 Å². The predicted molar refractivity (Wildman–Crippen MR) is 87.3 cm³/mol. The van der Waals surface area contributed by atoms with Crippen molar-refractivity contribution in [3.05, 3.63) is 47.5 Å². The first-order valence-electron chi connectivity index (χ1n) is 7.64. The molecule has 1 atom stereocenters. The molecule has 1 amide bonds. The number of hydrogen-bond donors (Lipinski definition) is 2. The summed E-state index contributed by atoms with van der Waals surface area (Å²) in [6.45, 7) is 0.408. The summed E-state index contributed by atoms with van der Waals surface area (Å²) in [7, 11) is 1.62. The van der Waals surface area contributed by atoms with Crippen LogP contribution in [-0.2, 0) is 6.42 Å². The number of nitrogens with zero attached hydrogens (tertiary/aromatic N) is 2. The zero-order chi connectivity index (χ0) is 16.5. The highest BCUT2D eigenvalue weighted by Crippen LogP contribution is 2.34. The molecule has 0 bridgehead atoms. The van der Waals surface area contributed by atoms with Crippen LogP contribution >= 0.6 is 0 Å². The molecule has 2 N–H and O–H groups in total. The highest BCUT2D eigenvalue weighted by atomic mass is 16.5. The van der Waals surface area contributed by atoms with E-state index < -0.39 is 0 Å². The molecule has 1 unspecified atom stereocenters. The van der Waals surface area contributed by atoms with E-state index in [1.165, 1.54) is 0 Å². The molecule has 0 saturated carbocycles. The summed E-state index contributed by atoms with van der Waals surface area (Å²) in [5, 5.41) is 13.5. The normalized spacial score (nSPS) is 16.3. The van der Waals surface area contributed by atoms with Crippen LogP contribution in [0, 0.1) is 0 Å². The van der Waals surface area contributed by atoms with E-state index in [0.717, 1.165) is 16.8 Å². The van der Waals surface area contributed by atoms with Crippen molar-refractivity contribution in [2.24, 2.45) is 0 Å². The molecule has 4 rings (SSSR count). The lowest BCUT2D eigenvalue weighted by Gasteiger charge is -2.27. The molecule has 2 heterocycles. The third kappa shape index (κ3) is 2.54. The molecule has 2 aromatic carbocycles. The molecular formula is C17H16N4O3. The average Bonchev–Trinajstić information content (AvgIpc) is 3.08. The van der Waals surface area contributed by atoms with Crippen LogP contribution in [0.25, 0.3) is 11.0 Å². The highest BCUT2D eigenvalue weighted by molar-refractivity contribution is 5.97. The first kappa shape index (κ1) is 14.5. The largest absolute Gasteiger partial charge is 0.493 e. The number of aromatic nitrogens is 3. The lowest BCUT2D eigenvalue weighted by atomic mass is 10.0. The van der Waals surface area contributed by atoms with Gasteiger partial charge in [-0.3, -0.25) is 4.79 Å². The van der Waals surface area contributed by atoms with Gasteiger partial charge in [0.25, 0.3) is 5.91 Å². The van der Waals surface area contributed by atoms with Crippen LogP contribution in [0.2, 0.25) is 0 Å². The third-order valence-electron chi connectivity index (χ3n) is 4.09. The number of para-hydroxylation sites is 1. The van der Waals surface area contributed by atoms with E-state index in [9.17, 15) is 4.79 Å². The van der Waals surface area contributed by atoms with Crippen molar-refractivity contribution in [1.29, 1.82) is 0 Å². The van der Waals surface area contributed by atoms with Crippen LogP contribution in [0.3, 0.4) is 0 Å². The number of rotatable bonds is 3. The summed E-state index contributed by atoms with van der Waals surface area (Å²) in [4.78, 5) is 12.5. The topological polar surface area (TPSA) is 89.1 Å². The zero-order valence-corrected chi connectivity index (χ0v) is 13.1. The van der Waals surface area contributed by atoms with E-state index in [2.05, 4.69) is 20.7 Å². The van der Waals surface area contributed by atoms with Gasteiger partial charge in [0.05, 0.1) is 13.2 Å². The van der Waals surface area contributed by atoms with Gasteiger partial charge in [-0.2, -0.15) is 15.4 Å². The highest BCUT2D eigenvalue weighted by Gasteiger charge is 2.24. The van der Waals surface area contributed by atoms with Crippen LogP contribution in [0.4, 0.5) is 0 Å². The summed E-state index contributed by atoms with van der Waals surface area (Å²) in [6, 6.07) is 10.9. The molecule has 0 spiro atoms. The first-order chi connectivity index (χ1) is 11.7. The van der Waals surface area contributed by atoms with E-state index in [1.807, 2.05) is 18.2 Å². The van der Waals surface area contributed by atoms with Gasteiger partial charge in [-0.25, -0.2) is 0 Å². The molecule has 7 heteroatoms. The van der Waals surface area contributed by atoms with E-state index in [4.69, 9.17) is 9.47 Å². The van der Waals surface area contributed by atoms with Crippen molar-refractivity contribution in [1.82, 2.24) is 20.7 Å². The number of aromatic amines is 1. The Kier molecular flexibility index (Phi) is 3.53. The lowest BCUT2D eigenvalue weighted by Crippen LogP contribution is -2.42. The zero-order valence-electron chi connectivity index (χ0n) is 13.1. The van der Waals surface area contributed by atoms with Gasteiger partial charge in [0.1, 0.15) is 17.6 Å². The standard InChI is InChI=1S/C17H16N4O3/c1-23-15-4-2-3-10-7-12(9-24-16(10)15)18-17(22)11-5-6-13-14(8-11)20-21-19-13/h2-6,8,12H,7,9H2,1H3,(H,18,22)(H,19,20,21). The Bertz CT molecular complexity index is 906. The lowest BCUT2D eigenvalue weighted by molar-refractivity contribution is 0.0914. The van der Waals surface area contributed by atoms with Crippen molar-refractivity contribution in [3.63, 3.8) is 0 Å². The molecule has 1 aliphatic heterocycles. The van der Waals surface area contributed by atoms with E-state index in [1.54, 1.807) is 25.3 Å². The summed E-state index contributed by atoms with van der Waals surface area (Å²) in [5.74, 6) is 1.32. The number of carbonyl (C=O) groups excluding carboxylic acids is 1. The maximum atomic E-state index is 12.5. The molecule has 122 valence electrons. The minimum atomic E-state index is -0.153. The Labute approximate surface area is 138 Å². The number of fused-ring (bicyclic) bond motifs is 2. The van der Waals surface area contributed by atoms with Gasteiger partial charge >= 0.3 is 0 Å². The SMILES string of the molecule is COc1cccc2c1OCC(NC(=O)c1ccc3n[nH]nc3c1)C2. The van der Waals surface area contributed by atoms with Crippen molar-refractivity contribution >= 4 is 16.9 Å². The number of H-pyrrole nitrogens is 1. The Hall–Kier alpha value is -3.09. The smallest absolute Gasteiger partial charge is 0.251 e. The maximum Gasteiger partial charge on any atom is 0.251 e. The van der Waals surface area contributed by atoms with Gasteiger partial charge < -0.3 is 14.8 Å². The monoisotopic (exact) mass is 324 g/mol. The quantitative estimate of drug-likeness (QED) is 0.765. The Morgan fingerprint density at radius 1 is 1.29 bits per heavy atom.